The fraction of sp³-hybridized carbons (Fsp3) is 0.278. The highest BCUT2D eigenvalue weighted by Crippen LogP contribution is 2.25. The van der Waals surface area contributed by atoms with Gasteiger partial charge in [0.2, 0.25) is 0 Å². The molecule has 2 heterocycles. The number of para-hydroxylation sites is 1. The maximum Gasteiger partial charge on any atom is 0.287 e. The van der Waals surface area contributed by atoms with Crippen LogP contribution in [0.15, 0.2) is 45.5 Å². The van der Waals surface area contributed by atoms with Gasteiger partial charge < -0.3 is 14.6 Å². The number of rotatable bonds is 5. The number of nitrogens with zero attached hydrogens (tertiary/aromatic N) is 1. The molecule has 2 aromatic heterocycles. The molecule has 3 rings (SSSR count). The van der Waals surface area contributed by atoms with Crippen LogP contribution in [-0.2, 0) is 0 Å². The Labute approximate surface area is 139 Å². The topological polar surface area (TPSA) is 45.5 Å². The summed E-state index contributed by atoms with van der Waals surface area (Å²) < 4.78 is 5.72. The van der Waals surface area contributed by atoms with Gasteiger partial charge >= 0.3 is 0 Å². The molecule has 0 bridgehead atoms. The molecular formula is C18H20N2O2S. The predicted molar refractivity (Wildman–Crippen MR) is 94.0 cm³/mol. The summed E-state index contributed by atoms with van der Waals surface area (Å²) in [4.78, 5) is 14.6. The average molecular weight is 328 g/mol. The normalized spacial score (nSPS) is 12.7. The summed E-state index contributed by atoms with van der Waals surface area (Å²) in [5.74, 6) is 0.231. The van der Waals surface area contributed by atoms with Gasteiger partial charge in [0.1, 0.15) is 5.58 Å². The number of carbonyl (C=O) groups is 1. The summed E-state index contributed by atoms with van der Waals surface area (Å²) >= 11 is 1.66. The first-order chi connectivity index (χ1) is 11.1. The second kappa shape index (κ2) is 6.56. The highest BCUT2D eigenvalue weighted by Gasteiger charge is 2.20. The molecule has 0 spiro atoms. The number of furan rings is 1. The molecule has 23 heavy (non-hydrogen) atoms. The molecule has 0 aliphatic carbocycles. The van der Waals surface area contributed by atoms with Crippen molar-refractivity contribution in [1.82, 2.24) is 10.2 Å². The van der Waals surface area contributed by atoms with Gasteiger partial charge in [0.25, 0.3) is 5.91 Å². The van der Waals surface area contributed by atoms with Crippen LogP contribution in [0, 0.1) is 6.92 Å². The van der Waals surface area contributed by atoms with E-state index in [0.29, 0.717) is 12.3 Å². The van der Waals surface area contributed by atoms with E-state index < -0.39 is 0 Å². The number of fused-ring (bicyclic) bond motifs is 1. The van der Waals surface area contributed by atoms with Crippen molar-refractivity contribution in [2.75, 3.05) is 20.6 Å². The van der Waals surface area contributed by atoms with Gasteiger partial charge in [-0.3, -0.25) is 4.79 Å². The molecule has 120 valence electrons. The summed E-state index contributed by atoms with van der Waals surface area (Å²) in [6, 6.07) is 9.95. The second-order valence-corrected chi connectivity index (χ2v) is 6.58. The van der Waals surface area contributed by atoms with Crippen molar-refractivity contribution in [3.05, 3.63) is 58.0 Å². The minimum Gasteiger partial charge on any atom is -0.451 e. The number of thiophene rings is 1. The Kier molecular flexibility index (Phi) is 4.50. The summed E-state index contributed by atoms with van der Waals surface area (Å²) in [5.41, 5.74) is 2.84. The van der Waals surface area contributed by atoms with E-state index in [1.807, 2.05) is 45.3 Å². The minimum atomic E-state index is -0.166. The number of hydrogen-bond donors (Lipinski definition) is 1. The van der Waals surface area contributed by atoms with E-state index in [9.17, 15) is 4.79 Å². The van der Waals surface area contributed by atoms with E-state index >= 15 is 0 Å². The zero-order valence-electron chi connectivity index (χ0n) is 13.5. The van der Waals surface area contributed by atoms with Gasteiger partial charge in [0.15, 0.2) is 5.76 Å². The maximum absolute atomic E-state index is 12.5. The summed E-state index contributed by atoms with van der Waals surface area (Å²) in [7, 11) is 4.03. The smallest absolute Gasteiger partial charge is 0.287 e. The van der Waals surface area contributed by atoms with Crippen molar-refractivity contribution < 1.29 is 9.21 Å². The second-order valence-electron chi connectivity index (χ2n) is 5.80. The fourth-order valence-corrected chi connectivity index (χ4v) is 3.43. The number of likely N-dealkylation sites (N-methyl/N-ethyl adjacent to an activating group) is 1. The van der Waals surface area contributed by atoms with Crippen molar-refractivity contribution >= 4 is 28.2 Å². The molecule has 0 aliphatic heterocycles. The molecule has 0 saturated heterocycles. The lowest BCUT2D eigenvalue weighted by Crippen LogP contribution is -2.34. The van der Waals surface area contributed by atoms with Crippen molar-refractivity contribution in [2.24, 2.45) is 0 Å². The van der Waals surface area contributed by atoms with E-state index in [2.05, 4.69) is 27.0 Å². The van der Waals surface area contributed by atoms with Gasteiger partial charge in [-0.05, 0) is 49.5 Å². The van der Waals surface area contributed by atoms with Crippen LogP contribution in [0.2, 0.25) is 0 Å². The van der Waals surface area contributed by atoms with Crippen LogP contribution in [0.4, 0.5) is 0 Å². The van der Waals surface area contributed by atoms with E-state index in [1.54, 1.807) is 11.3 Å². The molecular weight excluding hydrogens is 308 g/mol. The van der Waals surface area contributed by atoms with E-state index in [4.69, 9.17) is 4.42 Å². The Balaban J connectivity index is 1.76. The third-order valence-electron chi connectivity index (χ3n) is 4.06. The number of amides is 1. The molecule has 0 radical (unpaired) electrons. The van der Waals surface area contributed by atoms with Crippen LogP contribution < -0.4 is 5.32 Å². The van der Waals surface area contributed by atoms with Gasteiger partial charge in [-0.1, -0.05) is 18.2 Å². The molecule has 0 aliphatic rings. The summed E-state index contributed by atoms with van der Waals surface area (Å²) in [5, 5.41) is 8.15. The highest BCUT2D eigenvalue weighted by atomic mass is 32.1. The lowest BCUT2D eigenvalue weighted by Gasteiger charge is -2.23. The Bertz CT molecular complexity index is 806. The van der Waals surface area contributed by atoms with Crippen molar-refractivity contribution in [1.29, 1.82) is 0 Å². The van der Waals surface area contributed by atoms with Crippen molar-refractivity contribution in [2.45, 2.75) is 13.0 Å². The van der Waals surface area contributed by atoms with E-state index in [0.717, 1.165) is 16.5 Å². The molecule has 0 saturated carbocycles. The number of aryl methyl sites for hydroxylation is 1. The zero-order chi connectivity index (χ0) is 16.4. The largest absolute Gasteiger partial charge is 0.451 e. The first kappa shape index (κ1) is 15.8. The lowest BCUT2D eigenvalue weighted by molar-refractivity contribution is 0.0915. The zero-order valence-corrected chi connectivity index (χ0v) is 14.3. The molecule has 1 unspecified atom stereocenters. The molecule has 1 amide bonds. The van der Waals surface area contributed by atoms with Gasteiger partial charge in [-0.15, -0.1) is 0 Å². The third-order valence-corrected chi connectivity index (χ3v) is 4.76. The standard InChI is InChI=1S/C18H20N2O2S/c1-12-14-6-4-5-7-16(14)22-17(12)18(21)19-10-15(20(2)3)13-8-9-23-11-13/h4-9,11,15H,10H2,1-3H3,(H,19,21). The first-order valence-corrected chi connectivity index (χ1v) is 8.47. The Hall–Kier alpha value is -2.11. The van der Waals surface area contributed by atoms with Crippen LogP contribution >= 0.6 is 11.3 Å². The van der Waals surface area contributed by atoms with Gasteiger partial charge in [-0.2, -0.15) is 11.3 Å². The Morgan fingerprint density at radius 1 is 1.30 bits per heavy atom. The lowest BCUT2D eigenvalue weighted by atomic mass is 10.1. The van der Waals surface area contributed by atoms with Crippen LogP contribution in [-0.4, -0.2) is 31.4 Å². The Morgan fingerprint density at radius 3 is 2.74 bits per heavy atom. The minimum absolute atomic E-state index is 0.148. The van der Waals surface area contributed by atoms with Crippen LogP contribution in [0.5, 0.6) is 0 Å². The average Bonchev–Trinajstić information content (AvgIpc) is 3.16. The molecule has 1 aromatic carbocycles. The number of hydrogen-bond acceptors (Lipinski definition) is 4. The summed E-state index contributed by atoms with van der Waals surface area (Å²) in [6.07, 6.45) is 0. The monoisotopic (exact) mass is 328 g/mol. The molecule has 4 nitrogen and oxygen atoms in total. The molecule has 1 atom stereocenters. The maximum atomic E-state index is 12.5. The highest BCUT2D eigenvalue weighted by molar-refractivity contribution is 7.07. The van der Waals surface area contributed by atoms with Crippen LogP contribution in [0.25, 0.3) is 11.0 Å². The molecule has 0 fully saturated rings. The number of benzene rings is 1. The fourth-order valence-electron chi connectivity index (χ4n) is 2.72. The first-order valence-electron chi connectivity index (χ1n) is 7.52. The third kappa shape index (κ3) is 3.16. The number of carbonyl (C=O) groups excluding carboxylic acids is 1. The van der Waals surface area contributed by atoms with E-state index in [-0.39, 0.29) is 11.9 Å². The Morgan fingerprint density at radius 2 is 2.09 bits per heavy atom. The van der Waals surface area contributed by atoms with Crippen molar-refractivity contribution in [3.63, 3.8) is 0 Å². The summed E-state index contributed by atoms with van der Waals surface area (Å²) in [6.45, 7) is 2.46. The van der Waals surface area contributed by atoms with Gasteiger partial charge in [0.05, 0.1) is 6.04 Å². The van der Waals surface area contributed by atoms with Crippen molar-refractivity contribution in [3.8, 4) is 0 Å². The predicted octanol–water partition coefficient (Wildman–Crippen LogP) is 3.84. The van der Waals surface area contributed by atoms with Crippen LogP contribution in [0.1, 0.15) is 27.7 Å². The quantitative estimate of drug-likeness (QED) is 0.774. The van der Waals surface area contributed by atoms with Gasteiger partial charge in [0, 0.05) is 17.5 Å². The molecule has 1 N–H and O–H groups in total. The number of nitrogens with one attached hydrogen (secondary N) is 1. The molecule has 5 heteroatoms. The van der Waals surface area contributed by atoms with Crippen LogP contribution in [0.3, 0.4) is 0 Å². The molecule has 3 aromatic rings. The van der Waals surface area contributed by atoms with E-state index in [1.165, 1.54) is 5.56 Å². The SMILES string of the molecule is Cc1c(C(=O)NCC(c2ccsc2)N(C)C)oc2ccccc12. The van der Waals surface area contributed by atoms with Gasteiger partial charge in [-0.25, -0.2) is 0 Å².